The average molecular weight is 365 g/mol. The molecule has 0 radical (unpaired) electrons. The van der Waals surface area contributed by atoms with E-state index in [1.54, 1.807) is 22.8 Å². The highest BCUT2D eigenvalue weighted by molar-refractivity contribution is 5.98. The molecule has 0 bridgehead atoms. The Kier molecular flexibility index (Phi) is 4.13. The Balaban J connectivity index is 1.93. The fraction of sp³-hybridized carbons (Fsp3) is 0.381. The van der Waals surface area contributed by atoms with Crippen LogP contribution in [0.1, 0.15) is 55.2 Å². The number of benzene rings is 1. The second-order valence-corrected chi connectivity index (χ2v) is 8.02. The van der Waals surface area contributed by atoms with Gasteiger partial charge in [-0.15, -0.1) is 0 Å². The van der Waals surface area contributed by atoms with Gasteiger partial charge in [-0.3, -0.25) is 9.89 Å². The number of ether oxygens (including phenoxy) is 1. The van der Waals surface area contributed by atoms with E-state index < -0.39 is 11.7 Å². The topological polar surface area (TPSA) is 77.0 Å². The molecule has 4 rings (SSSR count). The third-order valence-corrected chi connectivity index (χ3v) is 4.84. The minimum absolute atomic E-state index is 0.445. The molecule has 2 aromatic heterocycles. The van der Waals surface area contributed by atoms with Crippen molar-refractivity contribution in [1.29, 1.82) is 0 Å². The van der Waals surface area contributed by atoms with Crippen molar-refractivity contribution < 1.29 is 14.3 Å². The van der Waals surface area contributed by atoms with Crippen molar-refractivity contribution in [1.82, 2.24) is 14.8 Å². The van der Waals surface area contributed by atoms with Crippen LogP contribution in [0.2, 0.25) is 0 Å². The van der Waals surface area contributed by atoms with Gasteiger partial charge in [0.2, 0.25) is 0 Å². The molecule has 0 saturated heterocycles. The van der Waals surface area contributed by atoms with Crippen molar-refractivity contribution in [3.63, 3.8) is 0 Å². The summed E-state index contributed by atoms with van der Waals surface area (Å²) < 4.78 is 7.22. The summed E-state index contributed by atoms with van der Waals surface area (Å²) in [7, 11) is 0. The third kappa shape index (κ3) is 3.16. The van der Waals surface area contributed by atoms with Gasteiger partial charge in [-0.1, -0.05) is 0 Å². The number of fused-ring (bicyclic) bond motifs is 2. The molecule has 0 atom stereocenters. The van der Waals surface area contributed by atoms with E-state index in [-0.39, 0.29) is 0 Å². The van der Waals surface area contributed by atoms with E-state index >= 15 is 0 Å². The number of aromatic nitrogens is 3. The van der Waals surface area contributed by atoms with Gasteiger partial charge in [0.15, 0.2) is 0 Å². The van der Waals surface area contributed by atoms with Gasteiger partial charge in [0.1, 0.15) is 17.6 Å². The maximum Gasteiger partial charge on any atom is 0.419 e. The number of aryl methyl sites for hydroxylation is 1. The molecule has 6 heteroatoms. The first kappa shape index (κ1) is 17.5. The fourth-order valence-electron chi connectivity index (χ4n) is 3.68. The van der Waals surface area contributed by atoms with Gasteiger partial charge in [-0.2, -0.15) is 5.10 Å². The first-order valence-electron chi connectivity index (χ1n) is 9.28. The number of nitrogens with zero attached hydrogens (tertiary/aromatic N) is 2. The SMILES string of the molecule is CC(C)(C)OC(=O)n1c(-c2n[nH]c3c2CCCC3)cc2cc(C=O)ccc21. The van der Waals surface area contributed by atoms with Crippen LogP contribution < -0.4 is 0 Å². The Morgan fingerprint density at radius 3 is 2.74 bits per heavy atom. The van der Waals surface area contributed by atoms with Crippen LogP contribution in [-0.4, -0.2) is 32.7 Å². The molecule has 1 aromatic carbocycles. The Morgan fingerprint density at radius 2 is 2.00 bits per heavy atom. The van der Waals surface area contributed by atoms with E-state index in [1.807, 2.05) is 26.8 Å². The molecule has 0 unspecified atom stereocenters. The van der Waals surface area contributed by atoms with Crippen LogP contribution in [0.25, 0.3) is 22.3 Å². The second-order valence-electron chi connectivity index (χ2n) is 8.02. The van der Waals surface area contributed by atoms with Crippen LogP contribution in [0.4, 0.5) is 4.79 Å². The highest BCUT2D eigenvalue weighted by Gasteiger charge is 2.26. The molecule has 3 aromatic rings. The third-order valence-electron chi connectivity index (χ3n) is 4.84. The zero-order valence-electron chi connectivity index (χ0n) is 15.8. The van der Waals surface area contributed by atoms with Crippen LogP contribution in [0.5, 0.6) is 0 Å². The Hall–Kier alpha value is -2.89. The highest BCUT2D eigenvalue weighted by atomic mass is 16.6. The lowest BCUT2D eigenvalue weighted by Gasteiger charge is -2.21. The number of H-pyrrole nitrogens is 1. The monoisotopic (exact) mass is 365 g/mol. The average Bonchev–Trinajstić information content (AvgIpc) is 3.20. The zero-order chi connectivity index (χ0) is 19.2. The van der Waals surface area contributed by atoms with Crippen molar-refractivity contribution in [2.45, 2.75) is 52.1 Å². The van der Waals surface area contributed by atoms with E-state index in [9.17, 15) is 9.59 Å². The lowest BCUT2D eigenvalue weighted by atomic mass is 9.95. The predicted octanol–water partition coefficient (Wildman–Crippen LogP) is 4.51. The molecule has 0 spiro atoms. The molecule has 140 valence electrons. The summed E-state index contributed by atoms with van der Waals surface area (Å²) >= 11 is 0. The standard InChI is InChI=1S/C21H23N3O3/c1-21(2,3)27-20(26)24-17-9-8-13(12-25)10-14(17)11-18(24)19-15-6-4-5-7-16(15)22-23-19/h8-12H,4-7H2,1-3H3,(H,22,23). The molecule has 2 heterocycles. The number of carbonyl (C=O) groups excluding carboxylic acids is 2. The number of rotatable bonds is 2. The number of aromatic amines is 1. The van der Waals surface area contributed by atoms with Crippen LogP contribution in [0.15, 0.2) is 24.3 Å². The maximum atomic E-state index is 13.0. The fourth-order valence-corrected chi connectivity index (χ4v) is 3.68. The minimum Gasteiger partial charge on any atom is -0.443 e. The smallest absolute Gasteiger partial charge is 0.419 e. The van der Waals surface area contributed by atoms with Crippen molar-refractivity contribution in [2.75, 3.05) is 0 Å². The van der Waals surface area contributed by atoms with E-state index in [2.05, 4.69) is 10.2 Å². The van der Waals surface area contributed by atoms with Gasteiger partial charge in [-0.05, 0) is 70.7 Å². The van der Waals surface area contributed by atoms with Crippen molar-refractivity contribution in [2.24, 2.45) is 0 Å². The summed E-state index contributed by atoms with van der Waals surface area (Å²) in [4.78, 5) is 24.2. The first-order valence-corrected chi connectivity index (χ1v) is 9.28. The maximum absolute atomic E-state index is 13.0. The van der Waals surface area contributed by atoms with Crippen LogP contribution >= 0.6 is 0 Å². The zero-order valence-corrected chi connectivity index (χ0v) is 15.8. The van der Waals surface area contributed by atoms with Gasteiger partial charge >= 0.3 is 6.09 Å². The molecule has 1 N–H and O–H groups in total. The van der Waals surface area contributed by atoms with E-state index in [1.165, 1.54) is 5.56 Å². The summed E-state index contributed by atoms with van der Waals surface area (Å²) in [5, 5.41) is 8.47. The van der Waals surface area contributed by atoms with E-state index in [0.29, 0.717) is 16.8 Å². The van der Waals surface area contributed by atoms with Crippen LogP contribution in [0.3, 0.4) is 0 Å². The van der Waals surface area contributed by atoms with Gasteiger partial charge in [0.05, 0.1) is 11.2 Å². The van der Waals surface area contributed by atoms with Crippen LogP contribution in [0, 0.1) is 0 Å². The predicted molar refractivity (Wildman–Crippen MR) is 103 cm³/mol. The molecule has 0 amide bonds. The summed E-state index contributed by atoms with van der Waals surface area (Å²) in [5.41, 5.74) is 4.46. The van der Waals surface area contributed by atoms with Gasteiger partial charge in [0.25, 0.3) is 0 Å². The van der Waals surface area contributed by atoms with Crippen molar-refractivity contribution in [3.05, 3.63) is 41.1 Å². The lowest BCUT2D eigenvalue weighted by molar-refractivity contribution is 0.0547. The second kappa shape index (κ2) is 6.37. The molecule has 6 nitrogen and oxygen atoms in total. The Labute approximate surface area is 157 Å². The quantitative estimate of drug-likeness (QED) is 0.678. The molecule has 0 fully saturated rings. The highest BCUT2D eigenvalue weighted by Crippen LogP contribution is 2.34. The van der Waals surface area contributed by atoms with Gasteiger partial charge in [0, 0.05) is 22.2 Å². The van der Waals surface area contributed by atoms with Crippen LogP contribution in [-0.2, 0) is 17.6 Å². The molecule has 1 aliphatic rings. The number of aldehydes is 1. The Morgan fingerprint density at radius 1 is 1.22 bits per heavy atom. The normalized spacial score (nSPS) is 14.2. The van der Waals surface area contributed by atoms with Gasteiger partial charge in [-0.25, -0.2) is 9.36 Å². The van der Waals surface area contributed by atoms with Crippen molar-refractivity contribution in [3.8, 4) is 11.4 Å². The number of nitrogens with one attached hydrogen (secondary N) is 1. The van der Waals surface area contributed by atoms with Crippen molar-refractivity contribution >= 4 is 23.3 Å². The van der Waals surface area contributed by atoms with E-state index in [0.717, 1.165) is 48.7 Å². The Bertz CT molecular complexity index is 1040. The molecule has 0 saturated carbocycles. The summed E-state index contributed by atoms with van der Waals surface area (Å²) in [6, 6.07) is 7.19. The lowest BCUT2D eigenvalue weighted by Crippen LogP contribution is -2.27. The first-order chi connectivity index (χ1) is 12.9. The number of hydrogen-bond acceptors (Lipinski definition) is 4. The molecule has 27 heavy (non-hydrogen) atoms. The minimum atomic E-state index is -0.612. The molecular weight excluding hydrogens is 342 g/mol. The summed E-state index contributed by atoms with van der Waals surface area (Å²) in [6.07, 6.45) is 4.54. The summed E-state index contributed by atoms with van der Waals surface area (Å²) in [6.45, 7) is 5.53. The summed E-state index contributed by atoms with van der Waals surface area (Å²) in [5.74, 6) is 0. The molecule has 1 aliphatic carbocycles. The number of hydrogen-bond donors (Lipinski definition) is 1. The molecular formula is C21H23N3O3. The largest absolute Gasteiger partial charge is 0.443 e. The number of carbonyl (C=O) groups is 2. The van der Waals surface area contributed by atoms with E-state index in [4.69, 9.17) is 4.74 Å². The molecule has 0 aliphatic heterocycles. The van der Waals surface area contributed by atoms with Gasteiger partial charge < -0.3 is 4.74 Å².